The van der Waals surface area contributed by atoms with Crippen molar-refractivity contribution in [2.45, 2.75) is 57.9 Å². The van der Waals surface area contributed by atoms with Gasteiger partial charge < -0.3 is 5.32 Å². The quantitative estimate of drug-likeness (QED) is 0.698. The topological polar surface area (TPSA) is 46.2 Å². The van der Waals surface area contributed by atoms with Crippen molar-refractivity contribution in [3.05, 3.63) is 24.3 Å². The lowest BCUT2D eigenvalue weighted by molar-refractivity contribution is -0.149. The minimum atomic E-state index is -0.0275. The summed E-state index contributed by atoms with van der Waals surface area (Å²) in [5.74, 6) is 1.06. The van der Waals surface area contributed by atoms with Crippen molar-refractivity contribution in [1.29, 1.82) is 0 Å². The van der Waals surface area contributed by atoms with E-state index in [2.05, 4.69) is 31.8 Å². The normalized spacial score (nSPS) is 50.2. The number of allylic oxidation sites excluding steroid dienone is 3. The number of rotatable bonds is 0. The van der Waals surface area contributed by atoms with Crippen LogP contribution in [0.25, 0.3) is 0 Å². The highest BCUT2D eigenvalue weighted by atomic mass is 16.2. The first-order chi connectivity index (χ1) is 10.3. The molecule has 3 heteroatoms. The maximum absolute atomic E-state index is 12.3. The van der Waals surface area contributed by atoms with Gasteiger partial charge in [-0.1, -0.05) is 19.6 Å². The first kappa shape index (κ1) is 14.2. The Balaban J connectivity index is 1.79. The summed E-state index contributed by atoms with van der Waals surface area (Å²) in [4.78, 5) is 24.3. The molecular formula is C19H25NO2. The van der Waals surface area contributed by atoms with Gasteiger partial charge in [0.05, 0.1) is 0 Å². The van der Waals surface area contributed by atoms with Crippen LogP contribution in [0.4, 0.5) is 0 Å². The molecule has 0 unspecified atom stereocenters. The van der Waals surface area contributed by atoms with E-state index in [-0.39, 0.29) is 34.0 Å². The van der Waals surface area contributed by atoms with E-state index in [4.69, 9.17) is 0 Å². The third-order valence-corrected chi connectivity index (χ3v) is 7.18. The number of ketones is 1. The van der Waals surface area contributed by atoms with Gasteiger partial charge in [-0.3, -0.25) is 9.59 Å². The van der Waals surface area contributed by atoms with Crippen LogP contribution in [0.1, 0.15) is 52.4 Å². The van der Waals surface area contributed by atoms with E-state index in [0.29, 0.717) is 12.3 Å². The average molecular weight is 299 g/mol. The molecule has 1 amide bonds. The molecule has 3 aliphatic carbocycles. The van der Waals surface area contributed by atoms with Crippen LogP contribution in [0.15, 0.2) is 24.3 Å². The van der Waals surface area contributed by atoms with Gasteiger partial charge in [0, 0.05) is 12.0 Å². The van der Waals surface area contributed by atoms with Crippen molar-refractivity contribution in [3.8, 4) is 0 Å². The Morgan fingerprint density at radius 3 is 2.77 bits per heavy atom. The second-order valence-electron chi connectivity index (χ2n) is 8.60. The number of hydrogen-bond acceptors (Lipinski definition) is 2. The van der Waals surface area contributed by atoms with Gasteiger partial charge in [0.1, 0.15) is 0 Å². The standard InChI is InChI=1S/C19H25NO2/c1-12-13-4-9-19-10-16(22)20-17(2,11-19)7-6-15(19)18(13,3)8-5-14(12)21/h5,8,13,15H,1,4,6-7,9-11H2,2-3H3,(H,20,22)/t13-,15+,17+,18-,19+/m1/s1. The lowest BCUT2D eigenvalue weighted by Gasteiger charge is -2.64. The van der Waals surface area contributed by atoms with Crippen LogP contribution in [-0.2, 0) is 9.59 Å². The molecule has 5 atom stereocenters. The Morgan fingerprint density at radius 1 is 1.23 bits per heavy atom. The number of nitrogens with one attached hydrogen (secondary N) is 1. The Bertz CT molecular complexity index is 621. The zero-order chi connectivity index (χ0) is 15.8. The van der Waals surface area contributed by atoms with Crippen LogP contribution in [0, 0.1) is 22.7 Å². The Hall–Kier alpha value is -1.38. The summed E-state index contributed by atoms with van der Waals surface area (Å²) in [5, 5.41) is 3.22. The molecule has 4 rings (SSSR count). The molecule has 2 bridgehead atoms. The molecule has 2 saturated carbocycles. The van der Waals surface area contributed by atoms with E-state index in [0.717, 1.165) is 37.7 Å². The largest absolute Gasteiger partial charge is 0.351 e. The van der Waals surface area contributed by atoms with E-state index >= 15 is 0 Å². The Kier molecular flexibility index (Phi) is 2.67. The van der Waals surface area contributed by atoms with Gasteiger partial charge in [0.2, 0.25) is 5.91 Å². The fourth-order valence-corrected chi connectivity index (χ4v) is 6.37. The molecule has 1 spiro atoms. The highest BCUT2D eigenvalue weighted by molar-refractivity contribution is 6.05. The summed E-state index contributed by atoms with van der Waals surface area (Å²) < 4.78 is 0. The molecule has 0 radical (unpaired) electrons. The molecule has 0 aromatic rings. The highest BCUT2D eigenvalue weighted by Crippen LogP contribution is 2.66. The van der Waals surface area contributed by atoms with Crippen LogP contribution in [0.5, 0.6) is 0 Å². The van der Waals surface area contributed by atoms with E-state index in [1.807, 2.05) is 0 Å². The number of fused-ring (bicyclic) bond motifs is 3. The average Bonchev–Trinajstić information content (AvgIpc) is 2.41. The van der Waals surface area contributed by atoms with E-state index < -0.39 is 0 Å². The minimum Gasteiger partial charge on any atom is -0.351 e. The Morgan fingerprint density at radius 2 is 2.00 bits per heavy atom. The van der Waals surface area contributed by atoms with E-state index in [1.54, 1.807) is 6.08 Å². The van der Waals surface area contributed by atoms with Crippen molar-refractivity contribution in [3.63, 3.8) is 0 Å². The molecule has 3 fully saturated rings. The number of carbonyl (C=O) groups excluding carboxylic acids is 2. The van der Waals surface area contributed by atoms with E-state index in [9.17, 15) is 9.59 Å². The summed E-state index contributed by atoms with van der Waals surface area (Å²) in [6.07, 6.45) is 9.85. The molecule has 118 valence electrons. The number of amides is 1. The van der Waals surface area contributed by atoms with Gasteiger partial charge >= 0.3 is 0 Å². The lowest BCUT2D eigenvalue weighted by atomic mass is 9.42. The maximum atomic E-state index is 12.3. The minimum absolute atomic E-state index is 0.0117. The van der Waals surface area contributed by atoms with Crippen molar-refractivity contribution < 1.29 is 9.59 Å². The zero-order valence-corrected chi connectivity index (χ0v) is 13.6. The number of piperidine rings is 1. The zero-order valence-electron chi connectivity index (χ0n) is 13.6. The Labute approximate surface area is 132 Å². The van der Waals surface area contributed by atoms with Crippen molar-refractivity contribution in [2.24, 2.45) is 22.7 Å². The predicted molar refractivity (Wildman–Crippen MR) is 85.1 cm³/mol. The fraction of sp³-hybridized carbons (Fsp3) is 0.684. The van der Waals surface area contributed by atoms with Crippen LogP contribution >= 0.6 is 0 Å². The summed E-state index contributed by atoms with van der Waals surface area (Å²) in [6.45, 7) is 8.59. The third-order valence-electron chi connectivity index (χ3n) is 7.18. The SMILES string of the molecule is C=C1C(=O)C=C[C@]2(C)[C@@H]1CC[C@@]13CC(=O)N[C@@](C)(CC[C@H]12)C3. The smallest absolute Gasteiger partial charge is 0.220 e. The summed E-state index contributed by atoms with van der Waals surface area (Å²) >= 11 is 0. The first-order valence-electron chi connectivity index (χ1n) is 8.52. The first-order valence-corrected chi connectivity index (χ1v) is 8.52. The van der Waals surface area contributed by atoms with Crippen molar-refractivity contribution in [2.75, 3.05) is 0 Å². The van der Waals surface area contributed by atoms with Gasteiger partial charge in [-0.15, -0.1) is 0 Å². The third kappa shape index (κ3) is 1.68. The van der Waals surface area contributed by atoms with Gasteiger partial charge in [-0.05, 0) is 73.3 Å². The molecular weight excluding hydrogens is 274 g/mol. The molecule has 4 aliphatic rings. The van der Waals surface area contributed by atoms with Crippen LogP contribution in [0.2, 0.25) is 0 Å². The molecule has 22 heavy (non-hydrogen) atoms. The molecule has 3 nitrogen and oxygen atoms in total. The monoisotopic (exact) mass is 299 g/mol. The molecule has 1 aliphatic heterocycles. The summed E-state index contributed by atoms with van der Waals surface area (Å²) in [7, 11) is 0. The van der Waals surface area contributed by atoms with Crippen LogP contribution in [0.3, 0.4) is 0 Å². The number of hydrogen-bond donors (Lipinski definition) is 1. The lowest BCUT2D eigenvalue weighted by Crippen LogP contribution is -2.65. The van der Waals surface area contributed by atoms with Crippen molar-refractivity contribution >= 4 is 11.7 Å². The highest BCUT2D eigenvalue weighted by Gasteiger charge is 2.62. The van der Waals surface area contributed by atoms with Gasteiger partial charge in [-0.25, -0.2) is 0 Å². The molecule has 1 saturated heterocycles. The fourth-order valence-electron chi connectivity index (χ4n) is 6.37. The molecule has 1 heterocycles. The number of carbonyl (C=O) groups is 2. The maximum Gasteiger partial charge on any atom is 0.220 e. The summed E-state index contributed by atoms with van der Waals surface area (Å²) in [6, 6.07) is 0. The second-order valence-corrected chi connectivity index (χ2v) is 8.60. The molecule has 1 N–H and O–H groups in total. The van der Waals surface area contributed by atoms with Crippen LogP contribution in [-0.4, -0.2) is 17.2 Å². The molecule has 0 aromatic carbocycles. The second kappa shape index (κ2) is 4.12. The predicted octanol–water partition coefficient (Wildman–Crippen LogP) is 3.16. The van der Waals surface area contributed by atoms with Gasteiger partial charge in [0.15, 0.2) is 5.78 Å². The molecule has 0 aromatic heterocycles. The van der Waals surface area contributed by atoms with Gasteiger partial charge in [0.25, 0.3) is 0 Å². The summed E-state index contributed by atoms with van der Waals surface area (Å²) in [5.41, 5.74) is 0.863. The van der Waals surface area contributed by atoms with Crippen LogP contribution < -0.4 is 5.32 Å². The van der Waals surface area contributed by atoms with Gasteiger partial charge in [-0.2, -0.15) is 0 Å². The van der Waals surface area contributed by atoms with E-state index in [1.165, 1.54) is 0 Å². The van der Waals surface area contributed by atoms with Crippen molar-refractivity contribution in [1.82, 2.24) is 5.32 Å².